The molecule has 0 spiro atoms. The Balaban J connectivity index is 1.99. The Bertz CT molecular complexity index is 167. The topological polar surface area (TPSA) is 24.5 Å². The Labute approximate surface area is 101 Å². The van der Waals surface area contributed by atoms with E-state index in [4.69, 9.17) is 4.74 Å². The first-order chi connectivity index (χ1) is 7.68. The number of ether oxygens (including phenoxy) is 1. The van der Waals surface area contributed by atoms with E-state index in [9.17, 15) is 0 Å². The molecule has 3 heteroatoms. The second-order valence-corrected chi connectivity index (χ2v) is 5.30. The Morgan fingerprint density at radius 1 is 1.31 bits per heavy atom. The Morgan fingerprint density at radius 3 is 2.62 bits per heavy atom. The van der Waals surface area contributed by atoms with Gasteiger partial charge in [-0.1, -0.05) is 0 Å². The zero-order valence-corrected chi connectivity index (χ0v) is 11.2. The van der Waals surface area contributed by atoms with E-state index in [1.807, 2.05) is 0 Å². The maximum Gasteiger partial charge on any atom is 0.0468 e. The quantitative estimate of drug-likeness (QED) is 0.672. The number of hydrogen-bond acceptors (Lipinski definition) is 3. The van der Waals surface area contributed by atoms with Crippen LogP contribution in [0, 0.1) is 5.92 Å². The fourth-order valence-electron chi connectivity index (χ4n) is 2.31. The van der Waals surface area contributed by atoms with Crippen molar-refractivity contribution in [3.8, 4) is 0 Å². The summed E-state index contributed by atoms with van der Waals surface area (Å²) < 4.78 is 5.38. The van der Waals surface area contributed by atoms with E-state index in [0.29, 0.717) is 6.04 Å². The molecule has 1 rings (SSSR count). The van der Waals surface area contributed by atoms with Gasteiger partial charge in [-0.3, -0.25) is 0 Å². The van der Waals surface area contributed by atoms with Crippen molar-refractivity contribution in [3.63, 3.8) is 0 Å². The SMILES string of the molecule is CC(CC1CCOCC1)NCCCN(C)C. The van der Waals surface area contributed by atoms with Crippen LogP contribution in [0.2, 0.25) is 0 Å². The maximum absolute atomic E-state index is 5.38. The molecule has 1 fully saturated rings. The van der Waals surface area contributed by atoms with Crippen molar-refractivity contribution in [3.05, 3.63) is 0 Å². The number of hydrogen-bond donors (Lipinski definition) is 1. The molecule has 1 atom stereocenters. The Kier molecular flexibility index (Phi) is 7.01. The minimum Gasteiger partial charge on any atom is -0.381 e. The van der Waals surface area contributed by atoms with Crippen molar-refractivity contribution in [2.45, 2.75) is 38.6 Å². The monoisotopic (exact) mass is 228 g/mol. The van der Waals surface area contributed by atoms with Crippen LogP contribution >= 0.6 is 0 Å². The lowest BCUT2D eigenvalue weighted by Gasteiger charge is -2.25. The largest absolute Gasteiger partial charge is 0.381 e. The highest BCUT2D eigenvalue weighted by Gasteiger charge is 2.16. The van der Waals surface area contributed by atoms with Gasteiger partial charge in [0.15, 0.2) is 0 Å². The summed E-state index contributed by atoms with van der Waals surface area (Å²) >= 11 is 0. The van der Waals surface area contributed by atoms with E-state index in [2.05, 4.69) is 31.2 Å². The number of rotatable bonds is 7. The first-order valence-electron chi connectivity index (χ1n) is 6.64. The van der Waals surface area contributed by atoms with Crippen LogP contribution in [0.5, 0.6) is 0 Å². The lowest BCUT2D eigenvalue weighted by atomic mass is 9.93. The van der Waals surface area contributed by atoms with E-state index in [0.717, 1.165) is 25.7 Å². The lowest BCUT2D eigenvalue weighted by Crippen LogP contribution is -2.32. The predicted octanol–water partition coefficient (Wildman–Crippen LogP) is 1.73. The number of nitrogens with zero attached hydrogens (tertiary/aromatic N) is 1. The minimum absolute atomic E-state index is 0.658. The van der Waals surface area contributed by atoms with Crippen LogP contribution in [0.15, 0.2) is 0 Å². The Hall–Kier alpha value is -0.120. The molecule has 0 amide bonds. The second-order valence-electron chi connectivity index (χ2n) is 5.30. The van der Waals surface area contributed by atoms with Crippen LogP contribution < -0.4 is 5.32 Å². The molecule has 3 nitrogen and oxygen atoms in total. The predicted molar refractivity (Wildman–Crippen MR) is 68.8 cm³/mol. The third-order valence-corrected chi connectivity index (χ3v) is 3.30. The highest BCUT2D eigenvalue weighted by molar-refractivity contribution is 4.70. The van der Waals surface area contributed by atoms with Gasteiger partial charge in [-0.05, 0) is 65.7 Å². The van der Waals surface area contributed by atoms with Crippen molar-refractivity contribution < 1.29 is 4.74 Å². The molecule has 0 aliphatic carbocycles. The van der Waals surface area contributed by atoms with Gasteiger partial charge in [0.25, 0.3) is 0 Å². The summed E-state index contributed by atoms with van der Waals surface area (Å²) in [5.41, 5.74) is 0. The molecule has 0 bridgehead atoms. The molecule has 0 aromatic rings. The van der Waals surface area contributed by atoms with Gasteiger partial charge in [-0.15, -0.1) is 0 Å². The molecular formula is C13H28N2O. The van der Waals surface area contributed by atoms with E-state index < -0.39 is 0 Å². The van der Waals surface area contributed by atoms with Crippen LogP contribution in [-0.2, 0) is 4.74 Å². The summed E-state index contributed by atoms with van der Waals surface area (Å²) in [7, 11) is 4.26. The molecular weight excluding hydrogens is 200 g/mol. The first-order valence-corrected chi connectivity index (χ1v) is 6.64. The zero-order chi connectivity index (χ0) is 11.8. The Morgan fingerprint density at radius 2 is 2.00 bits per heavy atom. The summed E-state index contributed by atoms with van der Waals surface area (Å²) in [6, 6.07) is 0.658. The molecule has 1 aliphatic heterocycles. The molecule has 1 heterocycles. The van der Waals surface area contributed by atoms with Gasteiger partial charge in [0, 0.05) is 19.3 Å². The van der Waals surface area contributed by atoms with Crippen molar-refractivity contribution in [2.75, 3.05) is 40.4 Å². The van der Waals surface area contributed by atoms with Gasteiger partial charge in [0.1, 0.15) is 0 Å². The van der Waals surface area contributed by atoms with Crippen LogP contribution in [-0.4, -0.2) is 51.3 Å². The fraction of sp³-hybridized carbons (Fsp3) is 1.00. The molecule has 16 heavy (non-hydrogen) atoms. The highest BCUT2D eigenvalue weighted by atomic mass is 16.5. The van der Waals surface area contributed by atoms with Gasteiger partial charge >= 0.3 is 0 Å². The summed E-state index contributed by atoms with van der Waals surface area (Å²) in [6.45, 7) is 6.57. The zero-order valence-electron chi connectivity index (χ0n) is 11.2. The average molecular weight is 228 g/mol. The van der Waals surface area contributed by atoms with Crippen LogP contribution in [0.4, 0.5) is 0 Å². The number of nitrogens with one attached hydrogen (secondary N) is 1. The maximum atomic E-state index is 5.38. The highest BCUT2D eigenvalue weighted by Crippen LogP contribution is 2.19. The standard InChI is InChI=1S/C13H28N2O/c1-12(14-7-4-8-15(2)3)11-13-5-9-16-10-6-13/h12-14H,4-11H2,1-3H3. The smallest absolute Gasteiger partial charge is 0.0468 e. The third kappa shape index (κ3) is 6.46. The van der Waals surface area contributed by atoms with Crippen LogP contribution in [0.1, 0.15) is 32.6 Å². The molecule has 0 radical (unpaired) electrons. The molecule has 1 unspecified atom stereocenters. The van der Waals surface area contributed by atoms with Gasteiger partial charge in [0.05, 0.1) is 0 Å². The van der Waals surface area contributed by atoms with Gasteiger partial charge in [0.2, 0.25) is 0 Å². The molecule has 0 aromatic carbocycles. The summed E-state index contributed by atoms with van der Waals surface area (Å²) in [6.07, 6.45) is 5.06. The lowest BCUT2D eigenvalue weighted by molar-refractivity contribution is 0.0612. The summed E-state index contributed by atoms with van der Waals surface area (Å²) in [5.74, 6) is 0.880. The summed E-state index contributed by atoms with van der Waals surface area (Å²) in [4.78, 5) is 2.24. The fourth-order valence-corrected chi connectivity index (χ4v) is 2.31. The molecule has 1 saturated heterocycles. The van der Waals surface area contributed by atoms with Crippen molar-refractivity contribution in [2.24, 2.45) is 5.92 Å². The minimum atomic E-state index is 0.658. The summed E-state index contributed by atoms with van der Waals surface area (Å²) in [5, 5.41) is 3.62. The van der Waals surface area contributed by atoms with Crippen molar-refractivity contribution in [1.82, 2.24) is 10.2 Å². The van der Waals surface area contributed by atoms with E-state index in [-0.39, 0.29) is 0 Å². The molecule has 1 aliphatic rings. The van der Waals surface area contributed by atoms with E-state index >= 15 is 0 Å². The van der Waals surface area contributed by atoms with Crippen LogP contribution in [0.3, 0.4) is 0 Å². The molecule has 1 N–H and O–H groups in total. The molecule has 0 saturated carbocycles. The normalized spacial score (nSPS) is 20.2. The average Bonchev–Trinajstić information content (AvgIpc) is 2.25. The third-order valence-electron chi connectivity index (χ3n) is 3.30. The first kappa shape index (κ1) is 13.9. The van der Waals surface area contributed by atoms with Gasteiger partial charge in [-0.25, -0.2) is 0 Å². The van der Waals surface area contributed by atoms with Crippen LogP contribution in [0.25, 0.3) is 0 Å². The van der Waals surface area contributed by atoms with Crippen molar-refractivity contribution >= 4 is 0 Å². The molecule has 0 aromatic heterocycles. The van der Waals surface area contributed by atoms with Gasteiger partial charge in [-0.2, -0.15) is 0 Å². The molecule has 96 valence electrons. The van der Waals surface area contributed by atoms with Gasteiger partial charge < -0.3 is 15.0 Å². The second kappa shape index (κ2) is 8.04. The van der Waals surface area contributed by atoms with E-state index in [1.54, 1.807) is 0 Å². The van der Waals surface area contributed by atoms with E-state index in [1.165, 1.54) is 32.2 Å². The van der Waals surface area contributed by atoms with Crippen molar-refractivity contribution in [1.29, 1.82) is 0 Å².